The molecule has 1 aliphatic rings. The Bertz CT molecular complexity index is 1360. The van der Waals surface area contributed by atoms with Gasteiger partial charge in [0.2, 0.25) is 0 Å². The zero-order valence-electron chi connectivity index (χ0n) is 19.3. The SMILES string of the molecule is COc1ccccc1C(=O)NCCN1c2c(cccc2C(=N)N)NC1Cc1nc2ccccc2[nH]1. The minimum atomic E-state index is -0.205. The average molecular weight is 470 g/mol. The largest absolute Gasteiger partial charge is 0.496 e. The first kappa shape index (κ1) is 22.3. The molecule has 0 spiro atoms. The summed E-state index contributed by atoms with van der Waals surface area (Å²) >= 11 is 0. The molecule has 6 N–H and O–H groups in total. The number of amidine groups is 1. The lowest BCUT2D eigenvalue weighted by molar-refractivity contribution is 0.0951. The number of fused-ring (bicyclic) bond motifs is 2. The molecule has 1 amide bonds. The van der Waals surface area contributed by atoms with Crippen molar-refractivity contribution in [1.29, 1.82) is 5.41 Å². The highest BCUT2D eigenvalue weighted by atomic mass is 16.5. The van der Waals surface area contributed by atoms with Gasteiger partial charge in [0.05, 0.1) is 35.1 Å². The number of para-hydroxylation sites is 4. The molecule has 1 unspecified atom stereocenters. The summed E-state index contributed by atoms with van der Waals surface area (Å²) in [6.07, 6.45) is 0.468. The summed E-state index contributed by atoms with van der Waals surface area (Å²) in [6.45, 7) is 0.900. The molecule has 9 heteroatoms. The van der Waals surface area contributed by atoms with Crippen molar-refractivity contribution in [2.24, 2.45) is 5.73 Å². The fraction of sp³-hybridized carbons (Fsp3) is 0.192. The normalized spacial score (nSPS) is 14.4. The van der Waals surface area contributed by atoms with Crippen LogP contribution in [0.2, 0.25) is 0 Å². The number of rotatable bonds is 8. The Hall–Kier alpha value is -4.53. The van der Waals surface area contributed by atoms with E-state index in [0.29, 0.717) is 36.4 Å². The van der Waals surface area contributed by atoms with Gasteiger partial charge in [-0.2, -0.15) is 0 Å². The van der Waals surface area contributed by atoms with E-state index in [1.54, 1.807) is 25.3 Å². The van der Waals surface area contributed by atoms with E-state index < -0.39 is 0 Å². The molecule has 1 atom stereocenters. The number of nitrogens with two attached hydrogens (primary N) is 1. The van der Waals surface area contributed by atoms with E-state index in [9.17, 15) is 4.79 Å². The molecule has 4 aromatic rings. The van der Waals surface area contributed by atoms with Crippen LogP contribution in [0.15, 0.2) is 66.7 Å². The van der Waals surface area contributed by atoms with Crippen molar-refractivity contribution in [2.75, 3.05) is 30.4 Å². The Balaban J connectivity index is 1.37. The number of carbonyl (C=O) groups excluding carboxylic acids is 1. The van der Waals surface area contributed by atoms with Crippen molar-refractivity contribution in [3.05, 3.63) is 83.7 Å². The average Bonchev–Trinajstić information content (AvgIpc) is 3.44. The van der Waals surface area contributed by atoms with Crippen LogP contribution in [0.4, 0.5) is 11.4 Å². The number of benzene rings is 3. The van der Waals surface area contributed by atoms with Gasteiger partial charge in [0, 0.05) is 25.1 Å². The van der Waals surface area contributed by atoms with Gasteiger partial charge in [0.15, 0.2) is 0 Å². The van der Waals surface area contributed by atoms with Crippen LogP contribution in [0.5, 0.6) is 5.75 Å². The minimum absolute atomic E-state index is 0.00362. The maximum Gasteiger partial charge on any atom is 0.255 e. The van der Waals surface area contributed by atoms with E-state index in [0.717, 1.165) is 28.2 Å². The van der Waals surface area contributed by atoms with Gasteiger partial charge in [-0.05, 0) is 36.4 Å². The highest BCUT2D eigenvalue weighted by Gasteiger charge is 2.32. The number of carbonyl (C=O) groups is 1. The van der Waals surface area contributed by atoms with E-state index in [1.165, 1.54) is 0 Å². The number of aromatic nitrogens is 2. The standard InChI is InChI=1S/C26H27N7O2/c1-35-21-12-5-2-7-16(21)26(34)29-13-14-33-23(15-22-30-18-9-3-4-10-19(18)31-22)32-20-11-6-8-17(24(20)33)25(27)28/h2-12,23,32H,13-15H2,1H3,(H3,27,28)(H,29,34)(H,30,31). The summed E-state index contributed by atoms with van der Waals surface area (Å²) in [5, 5.41) is 14.6. The maximum atomic E-state index is 12.8. The first-order valence-corrected chi connectivity index (χ1v) is 11.4. The van der Waals surface area contributed by atoms with E-state index in [4.69, 9.17) is 20.9 Å². The number of hydrogen-bond donors (Lipinski definition) is 5. The third kappa shape index (κ3) is 4.35. The highest BCUT2D eigenvalue weighted by Crippen LogP contribution is 2.38. The number of anilines is 2. The lowest BCUT2D eigenvalue weighted by Gasteiger charge is -2.27. The molecule has 0 saturated heterocycles. The predicted molar refractivity (Wildman–Crippen MR) is 137 cm³/mol. The first-order valence-electron chi connectivity index (χ1n) is 11.4. The van der Waals surface area contributed by atoms with Crippen molar-refractivity contribution >= 4 is 34.2 Å². The zero-order chi connectivity index (χ0) is 24.4. The topological polar surface area (TPSA) is 132 Å². The molecular weight excluding hydrogens is 442 g/mol. The van der Waals surface area contributed by atoms with Crippen molar-refractivity contribution in [3.63, 3.8) is 0 Å². The second-order valence-electron chi connectivity index (χ2n) is 8.33. The van der Waals surface area contributed by atoms with Crippen molar-refractivity contribution in [2.45, 2.75) is 12.6 Å². The Morgan fingerprint density at radius 1 is 1.11 bits per heavy atom. The molecule has 1 aliphatic heterocycles. The van der Waals surface area contributed by atoms with Gasteiger partial charge in [-0.25, -0.2) is 4.98 Å². The Kier molecular flexibility index (Phi) is 5.97. The number of nitrogens with one attached hydrogen (secondary N) is 4. The molecule has 1 aromatic heterocycles. The van der Waals surface area contributed by atoms with Gasteiger partial charge in [-0.1, -0.05) is 30.3 Å². The number of ether oxygens (including phenoxy) is 1. The highest BCUT2D eigenvalue weighted by molar-refractivity contribution is 6.04. The Labute approximate surface area is 202 Å². The second-order valence-corrected chi connectivity index (χ2v) is 8.33. The monoisotopic (exact) mass is 469 g/mol. The van der Waals surface area contributed by atoms with Crippen LogP contribution in [0.3, 0.4) is 0 Å². The quantitative estimate of drug-likeness (QED) is 0.199. The van der Waals surface area contributed by atoms with Gasteiger partial charge in [0.25, 0.3) is 5.91 Å². The number of hydrogen-bond acceptors (Lipinski definition) is 6. The Morgan fingerprint density at radius 2 is 1.89 bits per heavy atom. The molecule has 178 valence electrons. The molecule has 2 heterocycles. The molecular formula is C26H27N7O2. The van der Waals surface area contributed by atoms with Crippen LogP contribution >= 0.6 is 0 Å². The van der Waals surface area contributed by atoms with E-state index >= 15 is 0 Å². The molecule has 35 heavy (non-hydrogen) atoms. The van der Waals surface area contributed by atoms with Crippen LogP contribution in [-0.4, -0.2) is 48.1 Å². The van der Waals surface area contributed by atoms with E-state index in [2.05, 4.69) is 20.5 Å². The van der Waals surface area contributed by atoms with Gasteiger partial charge in [-0.3, -0.25) is 10.2 Å². The maximum absolute atomic E-state index is 12.8. The van der Waals surface area contributed by atoms with Crippen molar-refractivity contribution in [3.8, 4) is 5.75 Å². The van der Waals surface area contributed by atoms with Crippen LogP contribution < -0.4 is 26.0 Å². The summed E-state index contributed by atoms with van der Waals surface area (Å²) in [7, 11) is 1.55. The number of nitrogen functional groups attached to an aromatic ring is 1. The molecule has 0 fully saturated rings. The molecule has 0 aliphatic carbocycles. The number of imidazole rings is 1. The van der Waals surface area contributed by atoms with E-state index in [-0.39, 0.29) is 17.9 Å². The fourth-order valence-corrected chi connectivity index (χ4v) is 4.53. The zero-order valence-corrected chi connectivity index (χ0v) is 19.3. The number of aromatic amines is 1. The van der Waals surface area contributed by atoms with Crippen LogP contribution in [0, 0.1) is 5.41 Å². The molecule has 9 nitrogen and oxygen atoms in total. The van der Waals surface area contributed by atoms with Crippen LogP contribution in [0.25, 0.3) is 11.0 Å². The van der Waals surface area contributed by atoms with Gasteiger partial charge < -0.3 is 31.0 Å². The molecule has 0 bridgehead atoms. The lowest BCUT2D eigenvalue weighted by Crippen LogP contribution is -2.43. The third-order valence-corrected chi connectivity index (χ3v) is 6.13. The number of H-pyrrole nitrogens is 1. The molecule has 3 aromatic carbocycles. The lowest BCUT2D eigenvalue weighted by atomic mass is 10.1. The van der Waals surface area contributed by atoms with Crippen molar-refractivity contribution in [1.82, 2.24) is 15.3 Å². The van der Waals surface area contributed by atoms with Gasteiger partial charge >= 0.3 is 0 Å². The predicted octanol–water partition coefficient (Wildman–Crippen LogP) is 3.09. The summed E-state index contributed by atoms with van der Waals surface area (Å²) in [5.41, 5.74) is 10.7. The Morgan fingerprint density at radius 3 is 2.69 bits per heavy atom. The second kappa shape index (κ2) is 9.38. The number of nitrogens with zero attached hydrogens (tertiary/aromatic N) is 2. The van der Waals surface area contributed by atoms with Crippen LogP contribution in [-0.2, 0) is 6.42 Å². The number of amides is 1. The van der Waals surface area contributed by atoms with Crippen LogP contribution in [0.1, 0.15) is 21.7 Å². The van der Waals surface area contributed by atoms with Gasteiger partial charge in [-0.15, -0.1) is 0 Å². The molecule has 0 radical (unpaired) electrons. The molecule has 5 rings (SSSR count). The summed E-state index contributed by atoms with van der Waals surface area (Å²) in [4.78, 5) is 23.0. The number of methoxy groups -OCH3 is 1. The fourth-order valence-electron chi connectivity index (χ4n) is 4.53. The smallest absolute Gasteiger partial charge is 0.255 e. The van der Waals surface area contributed by atoms with Gasteiger partial charge in [0.1, 0.15) is 23.6 Å². The van der Waals surface area contributed by atoms with E-state index in [1.807, 2.05) is 48.5 Å². The third-order valence-electron chi connectivity index (χ3n) is 6.13. The van der Waals surface area contributed by atoms with Crippen molar-refractivity contribution < 1.29 is 9.53 Å². The summed E-state index contributed by atoms with van der Waals surface area (Å²) in [6, 6.07) is 20.7. The summed E-state index contributed by atoms with van der Waals surface area (Å²) in [5.74, 6) is 1.17. The summed E-state index contributed by atoms with van der Waals surface area (Å²) < 4.78 is 5.31. The molecule has 0 saturated carbocycles. The first-order chi connectivity index (χ1) is 17.0. The minimum Gasteiger partial charge on any atom is -0.496 e.